The molecule has 1 aromatic heterocycles. The molecule has 0 saturated heterocycles. The standard InChI is InChI=1S/C15H14ClNO3/c1-19-14-9-13(16)8-12(10-18)15(14)20-7-4-11-2-5-17-6-3-11/h2-3,5-6,8-10H,4,7H2,1H3. The summed E-state index contributed by atoms with van der Waals surface area (Å²) < 4.78 is 10.9. The molecular weight excluding hydrogens is 278 g/mol. The number of aldehydes is 1. The number of benzene rings is 1. The quantitative estimate of drug-likeness (QED) is 0.767. The third-order valence-electron chi connectivity index (χ3n) is 2.78. The first kappa shape index (κ1) is 14.3. The maximum Gasteiger partial charge on any atom is 0.171 e. The lowest BCUT2D eigenvalue weighted by Gasteiger charge is -2.13. The summed E-state index contributed by atoms with van der Waals surface area (Å²) >= 11 is 5.91. The first-order valence-corrected chi connectivity index (χ1v) is 6.47. The molecule has 20 heavy (non-hydrogen) atoms. The van der Waals surface area contributed by atoms with E-state index in [4.69, 9.17) is 21.1 Å². The Morgan fingerprint density at radius 2 is 2.05 bits per heavy atom. The van der Waals surface area contributed by atoms with E-state index in [-0.39, 0.29) is 0 Å². The minimum atomic E-state index is 0.379. The van der Waals surface area contributed by atoms with Gasteiger partial charge >= 0.3 is 0 Å². The van der Waals surface area contributed by atoms with Crippen LogP contribution in [0.4, 0.5) is 0 Å². The highest BCUT2D eigenvalue weighted by molar-refractivity contribution is 6.31. The molecule has 0 aliphatic rings. The van der Waals surface area contributed by atoms with Crippen LogP contribution in [-0.2, 0) is 6.42 Å². The van der Waals surface area contributed by atoms with E-state index in [0.717, 1.165) is 5.56 Å². The molecule has 0 atom stereocenters. The number of hydrogen-bond donors (Lipinski definition) is 0. The van der Waals surface area contributed by atoms with Gasteiger partial charge in [0.25, 0.3) is 0 Å². The van der Waals surface area contributed by atoms with Gasteiger partial charge in [-0.2, -0.15) is 0 Å². The maximum absolute atomic E-state index is 11.1. The highest BCUT2D eigenvalue weighted by Crippen LogP contribution is 2.33. The third-order valence-corrected chi connectivity index (χ3v) is 3.00. The molecule has 0 unspecified atom stereocenters. The second-order valence-electron chi connectivity index (χ2n) is 4.10. The van der Waals surface area contributed by atoms with E-state index >= 15 is 0 Å². The monoisotopic (exact) mass is 291 g/mol. The minimum absolute atomic E-state index is 0.379. The van der Waals surface area contributed by atoms with E-state index in [1.54, 1.807) is 24.5 Å². The fourth-order valence-corrected chi connectivity index (χ4v) is 2.02. The van der Waals surface area contributed by atoms with Crippen molar-refractivity contribution in [3.05, 3.63) is 52.8 Å². The Hall–Kier alpha value is -2.07. The molecule has 2 aromatic rings. The fraction of sp³-hybridized carbons (Fsp3) is 0.200. The number of hydrogen-bond acceptors (Lipinski definition) is 4. The van der Waals surface area contributed by atoms with Crippen molar-refractivity contribution in [3.8, 4) is 11.5 Å². The molecule has 5 heteroatoms. The van der Waals surface area contributed by atoms with Gasteiger partial charge in [-0.3, -0.25) is 9.78 Å². The molecule has 0 fully saturated rings. The second-order valence-corrected chi connectivity index (χ2v) is 4.53. The van der Waals surface area contributed by atoms with Gasteiger partial charge in [0.05, 0.1) is 19.3 Å². The van der Waals surface area contributed by atoms with Crippen molar-refractivity contribution in [1.29, 1.82) is 0 Å². The summed E-state index contributed by atoms with van der Waals surface area (Å²) in [7, 11) is 1.51. The van der Waals surface area contributed by atoms with Crippen molar-refractivity contribution in [2.45, 2.75) is 6.42 Å². The van der Waals surface area contributed by atoms with Gasteiger partial charge in [-0.25, -0.2) is 0 Å². The normalized spacial score (nSPS) is 10.1. The van der Waals surface area contributed by atoms with E-state index in [0.29, 0.717) is 41.4 Å². The molecule has 0 N–H and O–H groups in total. The zero-order chi connectivity index (χ0) is 14.4. The number of halogens is 1. The van der Waals surface area contributed by atoms with E-state index in [1.165, 1.54) is 7.11 Å². The number of aromatic nitrogens is 1. The van der Waals surface area contributed by atoms with E-state index < -0.39 is 0 Å². The molecule has 1 aromatic carbocycles. The largest absolute Gasteiger partial charge is 0.493 e. The van der Waals surface area contributed by atoms with Crippen LogP contribution in [0, 0.1) is 0 Å². The number of methoxy groups -OCH3 is 1. The summed E-state index contributed by atoms with van der Waals surface area (Å²) in [4.78, 5) is 15.0. The lowest BCUT2D eigenvalue weighted by Crippen LogP contribution is -2.05. The predicted molar refractivity (Wildman–Crippen MR) is 76.8 cm³/mol. The van der Waals surface area contributed by atoms with Crippen molar-refractivity contribution >= 4 is 17.9 Å². The Balaban J connectivity index is 2.10. The average Bonchev–Trinajstić information content (AvgIpc) is 2.49. The maximum atomic E-state index is 11.1. The van der Waals surface area contributed by atoms with E-state index in [1.807, 2.05) is 12.1 Å². The van der Waals surface area contributed by atoms with Gasteiger partial charge in [0.2, 0.25) is 0 Å². The summed E-state index contributed by atoms with van der Waals surface area (Å²) in [5.74, 6) is 0.871. The number of carbonyl (C=O) groups is 1. The summed E-state index contributed by atoms with van der Waals surface area (Å²) in [5.41, 5.74) is 1.49. The van der Waals surface area contributed by atoms with Crippen molar-refractivity contribution in [2.24, 2.45) is 0 Å². The van der Waals surface area contributed by atoms with Crippen molar-refractivity contribution in [1.82, 2.24) is 4.98 Å². The fourth-order valence-electron chi connectivity index (χ4n) is 1.80. The summed E-state index contributed by atoms with van der Waals surface area (Å²) in [6, 6.07) is 7.02. The molecule has 0 bridgehead atoms. The van der Waals surface area contributed by atoms with Crippen LogP contribution in [-0.4, -0.2) is 25.0 Å². The number of rotatable bonds is 6. The predicted octanol–water partition coefficient (Wildman–Crippen LogP) is 3.18. The van der Waals surface area contributed by atoms with Crippen molar-refractivity contribution in [2.75, 3.05) is 13.7 Å². The molecular formula is C15H14ClNO3. The van der Waals surface area contributed by atoms with Crippen LogP contribution in [0.5, 0.6) is 11.5 Å². The molecule has 0 radical (unpaired) electrons. The zero-order valence-corrected chi connectivity index (χ0v) is 11.8. The number of nitrogens with zero attached hydrogens (tertiary/aromatic N) is 1. The first-order chi connectivity index (χ1) is 9.74. The van der Waals surface area contributed by atoms with Gasteiger partial charge < -0.3 is 9.47 Å². The van der Waals surface area contributed by atoms with Crippen LogP contribution in [0.3, 0.4) is 0 Å². The summed E-state index contributed by atoms with van der Waals surface area (Å²) in [6.07, 6.45) is 4.88. The SMILES string of the molecule is COc1cc(Cl)cc(C=O)c1OCCc1ccncc1. The van der Waals surface area contributed by atoms with Crippen molar-refractivity contribution < 1.29 is 14.3 Å². The van der Waals surface area contributed by atoms with Crippen LogP contribution in [0.2, 0.25) is 5.02 Å². The van der Waals surface area contributed by atoms with Crippen molar-refractivity contribution in [3.63, 3.8) is 0 Å². The molecule has 104 valence electrons. The highest BCUT2D eigenvalue weighted by Gasteiger charge is 2.12. The van der Waals surface area contributed by atoms with Crippen LogP contribution >= 0.6 is 11.6 Å². The zero-order valence-electron chi connectivity index (χ0n) is 11.0. The molecule has 2 rings (SSSR count). The van der Waals surface area contributed by atoms with Crippen LogP contribution in [0.15, 0.2) is 36.7 Å². The molecule has 0 spiro atoms. The van der Waals surface area contributed by atoms with Gasteiger partial charge in [-0.1, -0.05) is 11.6 Å². The van der Waals surface area contributed by atoms with Gasteiger partial charge in [0, 0.05) is 29.9 Å². The van der Waals surface area contributed by atoms with Gasteiger partial charge in [-0.15, -0.1) is 0 Å². The Morgan fingerprint density at radius 3 is 2.70 bits per heavy atom. The summed E-state index contributed by atoms with van der Waals surface area (Å²) in [5, 5.41) is 0.436. The minimum Gasteiger partial charge on any atom is -0.493 e. The number of ether oxygens (including phenoxy) is 2. The average molecular weight is 292 g/mol. The first-order valence-electron chi connectivity index (χ1n) is 6.09. The lowest BCUT2D eigenvalue weighted by atomic mass is 10.2. The lowest BCUT2D eigenvalue weighted by molar-refractivity contribution is 0.111. The van der Waals surface area contributed by atoms with Gasteiger partial charge in [0.15, 0.2) is 17.8 Å². The third kappa shape index (κ3) is 3.48. The molecule has 0 amide bonds. The van der Waals surface area contributed by atoms with Gasteiger partial charge in [0.1, 0.15) is 0 Å². The summed E-state index contributed by atoms with van der Waals surface area (Å²) in [6.45, 7) is 0.433. The topological polar surface area (TPSA) is 48.4 Å². The number of pyridine rings is 1. The molecule has 0 saturated carbocycles. The Labute approximate surface area is 122 Å². The second kappa shape index (κ2) is 6.91. The van der Waals surface area contributed by atoms with Gasteiger partial charge in [-0.05, 0) is 23.8 Å². The molecule has 0 aliphatic carbocycles. The molecule has 1 heterocycles. The smallest absolute Gasteiger partial charge is 0.171 e. The number of carbonyl (C=O) groups excluding carboxylic acids is 1. The van der Waals surface area contributed by atoms with E-state index in [9.17, 15) is 4.79 Å². The molecule has 4 nitrogen and oxygen atoms in total. The Kier molecular flexibility index (Phi) is 4.96. The van der Waals surface area contributed by atoms with Crippen LogP contribution in [0.1, 0.15) is 15.9 Å². The van der Waals surface area contributed by atoms with Crippen LogP contribution < -0.4 is 9.47 Å². The Bertz CT molecular complexity index is 587. The highest BCUT2D eigenvalue weighted by atomic mass is 35.5. The van der Waals surface area contributed by atoms with Crippen LogP contribution in [0.25, 0.3) is 0 Å². The van der Waals surface area contributed by atoms with E-state index in [2.05, 4.69) is 4.98 Å². The molecule has 0 aliphatic heterocycles. The Morgan fingerprint density at radius 1 is 1.30 bits per heavy atom.